The normalized spacial score (nSPS) is 14.9. The van der Waals surface area contributed by atoms with Crippen LogP contribution in [0.3, 0.4) is 0 Å². The van der Waals surface area contributed by atoms with Gasteiger partial charge in [0.25, 0.3) is 0 Å². The molecule has 0 N–H and O–H groups in total. The van der Waals surface area contributed by atoms with E-state index in [0.29, 0.717) is 34.1 Å². The van der Waals surface area contributed by atoms with Gasteiger partial charge in [0.1, 0.15) is 11.6 Å². The molecule has 0 unspecified atom stereocenters. The van der Waals surface area contributed by atoms with Crippen molar-refractivity contribution in [2.45, 2.75) is 92.6 Å². The van der Waals surface area contributed by atoms with E-state index >= 15 is 4.39 Å². The molecule has 15 heteroatoms. The first kappa shape index (κ1) is 64.6. The Morgan fingerprint density at radius 1 is 0.315 bits per heavy atom. The van der Waals surface area contributed by atoms with Crippen LogP contribution in [0.4, 0.5) is 8.78 Å². The number of halogens is 3. The second-order valence-electron chi connectivity index (χ2n) is 23.2. The van der Waals surface area contributed by atoms with Crippen LogP contribution in [0.2, 0.25) is 5.28 Å². The van der Waals surface area contributed by atoms with Gasteiger partial charge >= 0.3 is 14.2 Å². The fourth-order valence-electron chi connectivity index (χ4n) is 9.78. The fraction of sp³-hybridized carbons (Fsp3) is 0.189. The minimum Gasteiger partial charge on any atom is -0.399 e. The van der Waals surface area contributed by atoms with E-state index in [4.69, 9.17) is 50.2 Å². The smallest absolute Gasteiger partial charge is 0.399 e. The first-order chi connectivity index (χ1) is 41.8. The molecule has 0 saturated carbocycles. The largest absolute Gasteiger partial charge is 0.497 e. The molecular weight excluding hydrogens is 1130 g/mol. The third kappa shape index (κ3) is 14.7. The van der Waals surface area contributed by atoms with E-state index in [0.717, 1.165) is 61.6 Å². The van der Waals surface area contributed by atoms with Crippen molar-refractivity contribution in [1.29, 1.82) is 0 Å². The molecule has 5 heterocycles. The molecule has 89 heavy (non-hydrogen) atoms. The summed E-state index contributed by atoms with van der Waals surface area (Å²) in [4.78, 5) is 28.1. The minimum atomic E-state index is -0.757. The van der Waals surface area contributed by atoms with E-state index < -0.39 is 42.5 Å². The lowest BCUT2D eigenvalue weighted by Gasteiger charge is -2.32. The quantitative estimate of drug-likeness (QED) is 0.0968. The topological polar surface area (TPSA) is 114 Å². The van der Waals surface area contributed by atoms with Gasteiger partial charge in [0, 0.05) is 44.4 Å². The van der Waals surface area contributed by atoms with Crippen molar-refractivity contribution >= 4 is 36.8 Å². The summed E-state index contributed by atoms with van der Waals surface area (Å²) in [6, 6.07) is 75.2. The summed E-state index contributed by atoms with van der Waals surface area (Å²) in [6.45, 7) is 15.8. The number of hydrogen-bond acceptors (Lipinski definition) is 10. The van der Waals surface area contributed by atoms with Crippen molar-refractivity contribution < 1.29 is 27.4 Å². The van der Waals surface area contributed by atoms with Crippen LogP contribution in [0.15, 0.2) is 237 Å². The fourth-order valence-corrected chi connectivity index (χ4v) is 9.96. The molecule has 0 atom stereocenters. The summed E-state index contributed by atoms with van der Waals surface area (Å²) >= 11 is 6.03. The van der Waals surface area contributed by atoms with Crippen LogP contribution in [0, 0.1) is 11.6 Å². The molecule has 8 aromatic carbocycles. The van der Waals surface area contributed by atoms with E-state index in [9.17, 15) is 4.39 Å². The molecule has 0 aliphatic carbocycles. The Bertz CT molecular complexity index is 3970. The van der Waals surface area contributed by atoms with Crippen LogP contribution in [0.5, 0.6) is 0 Å². The van der Waals surface area contributed by atoms with Crippen molar-refractivity contribution in [3.63, 3.8) is 0 Å². The SMILES string of the molecule is C.C.CC1(C)OB(c2ccc(F)c(B3OC(C)(C)C(C)(C)O3)c2)OC1(C)C.Clc1nc(-c2ccccc2)cc(-c2ccccc2)n1.Fc1ccc(-c2nc(-c3ccccc3)cc(-c3ccccc3)n2)cc1-c1nc(-c2ccccc2)cc(-c2ccccc2)n1. The lowest BCUT2D eigenvalue weighted by Crippen LogP contribution is -2.42. The molecule has 10 nitrogen and oxygen atoms in total. The Morgan fingerprint density at radius 3 is 0.944 bits per heavy atom. The molecule has 2 aliphatic rings. The summed E-state index contributed by atoms with van der Waals surface area (Å²) in [7, 11) is -1.31. The van der Waals surface area contributed by atoms with Crippen molar-refractivity contribution in [2.24, 2.45) is 0 Å². The second kappa shape index (κ2) is 27.2. The Morgan fingerprint density at radius 2 is 0.607 bits per heavy atom. The standard InChI is InChI=1S/C38H25FN4.C18H27B2FO4.C16H11ClN2.2CH4/c39-32-22-21-30(37-40-33(26-13-5-1-6-14-26)24-34(41-37)27-15-7-2-8-16-27)23-31(32)38-42-35(28-17-9-3-10-18-28)25-36(43-38)29-19-11-4-12-20-29;1-15(2)16(3,4)23-19(22-15)12-9-10-14(21)13(11-12)20-24-17(5,6)18(7,8)25-20;17-16-18-14(12-7-3-1-4-8-12)11-15(19-16)13-9-5-2-6-10-13;;/h1-25H;9-11H,1-8H3;1-11H;2*1H4. The molecule has 13 rings (SSSR count). The van der Waals surface area contributed by atoms with Crippen molar-refractivity contribution in [1.82, 2.24) is 29.9 Å². The number of aromatic nitrogens is 6. The summed E-state index contributed by atoms with van der Waals surface area (Å²) < 4.78 is 54.2. The Kier molecular flexibility index (Phi) is 19.8. The van der Waals surface area contributed by atoms with Gasteiger partial charge in [-0.25, -0.2) is 38.7 Å². The highest BCUT2D eigenvalue weighted by molar-refractivity contribution is 6.66. The number of rotatable bonds is 10. The average Bonchev–Trinajstić information content (AvgIpc) is 2.00. The van der Waals surface area contributed by atoms with Gasteiger partial charge in [-0.05, 0) is 115 Å². The third-order valence-corrected chi connectivity index (χ3v) is 16.3. The van der Waals surface area contributed by atoms with Gasteiger partial charge in [-0.15, -0.1) is 0 Å². The lowest BCUT2D eigenvalue weighted by molar-refractivity contribution is 0.00578. The first-order valence-electron chi connectivity index (χ1n) is 28.8. The maximum absolute atomic E-state index is 15.6. The molecule has 0 amide bonds. The summed E-state index contributed by atoms with van der Waals surface area (Å²) in [5.74, 6) is 0.000225. The van der Waals surface area contributed by atoms with Gasteiger partial charge in [0.05, 0.1) is 62.1 Å². The third-order valence-electron chi connectivity index (χ3n) is 16.1. The summed E-state index contributed by atoms with van der Waals surface area (Å²) in [6.07, 6.45) is 0. The molecule has 0 spiro atoms. The predicted molar refractivity (Wildman–Crippen MR) is 359 cm³/mol. The van der Waals surface area contributed by atoms with Crippen LogP contribution < -0.4 is 10.9 Å². The molecule has 448 valence electrons. The molecule has 0 radical (unpaired) electrons. The van der Waals surface area contributed by atoms with E-state index in [1.165, 1.54) is 12.1 Å². The summed E-state index contributed by atoms with van der Waals surface area (Å²) in [5, 5.41) is 0.264. The number of hydrogen-bond donors (Lipinski definition) is 0. The first-order valence-corrected chi connectivity index (χ1v) is 29.1. The monoisotopic (exact) mass is 1200 g/mol. The van der Waals surface area contributed by atoms with Crippen molar-refractivity contribution in [3.8, 4) is 90.3 Å². The van der Waals surface area contributed by atoms with Gasteiger partial charge in [-0.1, -0.05) is 209 Å². The molecule has 2 aliphatic heterocycles. The van der Waals surface area contributed by atoms with E-state index in [1.807, 2.05) is 256 Å². The molecule has 0 bridgehead atoms. The van der Waals surface area contributed by atoms with Gasteiger partial charge in [-0.2, -0.15) is 0 Å². The Hall–Kier alpha value is -8.88. The van der Waals surface area contributed by atoms with Gasteiger partial charge < -0.3 is 18.6 Å². The molecule has 2 fully saturated rings. The zero-order chi connectivity index (χ0) is 60.9. The lowest BCUT2D eigenvalue weighted by atomic mass is 9.71. The highest BCUT2D eigenvalue weighted by Gasteiger charge is 2.54. The van der Waals surface area contributed by atoms with Crippen LogP contribution in [0.1, 0.15) is 70.2 Å². The van der Waals surface area contributed by atoms with Crippen LogP contribution in [0.25, 0.3) is 90.3 Å². The van der Waals surface area contributed by atoms with Crippen molar-refractivity contribution in [3.05, 3.63) is 254 Å². The average molecular weight is 1200 g/mol. The van der Waals surface area contributed by atoms with Crippen LogP contribution in [-0.2, 0) is 18.6 Å². The number of nitrogens with zero attached hydrogens (tertiary/aromatic N) is 6. The molecule has 3 aromatic heterocycles. The zero-order valence-electron chi connectivity index (χ0n) is 49.6. The maximum Gasteiger partial charge on any atom is 0.497 e. The van der Waals surface area contributed by atoms with E-state index in [1.54, 1.807) is 24.3 Å². The van der Waals surface area contributed by atoms with Crippen molar-refractivity contribution in [2.75, 3.05) is 0 Å². The second-order valence-corrected chi connectivity index (χ2v) is 23.5. The van der Waals surface area contributed by atoms with Gasteiger partial charge in [0.2, 0.25) is 5.28 Å². The van der Waals surface area contributed by atoms with E-state index in [-0.39, 0.29) is 31.5 Å². The predicted octanol–water partition coefficient (Wildman–Crippen LogP) is 17.6. The molecular formula is C74H71B2ClF2N6O4. The molecule has 2 saturated heterocycles. The van der Waals surface area contributed by atoms with Crippen LogP contribution in [-0.4, -0.2) is 66.5 Å². The number of benzene rings is 8. The minimum absolute atomic E-state index is 0. The van der Waals surface area contributed by atoms with Gasteiger partial charge in [0.15, 0.2) is 11.6 Å². The molecule has 11 aromatic rings. The van der Waals surface area contributed by atoms with Gasteiger partial charge in [-0.3, -0.25) is 0 Å². The van der Waals surface area contributed by atoms with E-state index in [2.05, 4.69) is 9.97 Å². The highest BCUT2D eigenvalue weighted by Crippen LogP contribution is 2.39. The highest BCUT2D eigenvalue weighted by atomic mass is 35.5. The Balaban J connectivity index is 0.000000173. The van der Waals surface area contributed by atoms with Crippen LogP contribution >= 0.6 is 11.6 Å². The Labute approximate surface area is 527 Å². The maximum atomic E-state index is 15.6. The summed E-state index contributed by atoms with van der Waals surface area (Å²) in [5.41, 5.74) is 10.6. The zero-order valence-corrected chi connectivity index (χ0v) is 50.4.